The molecule has 0 bridgehead atoms. The van der Waals surface area contributed by atoms with Crippen molar-refractivity contribution in [1.82, 2.24) is 0 Å². The van der Waals surface area contributed by atoms with Gasteiger partial charge in [0, 0.05) is 0 Å². The summed E-state index contributed by atoms with van der Waals surface area (Å²) in [5, 5.41) is 20.3. The maximum atomic E-state index is 10.5. The van der Waals surface area contributed by atoms with Crippen molar-refractivity contribution >= 4 is 0 Å². The molecule has 2 aliphatic carbocycles. The van der Waals surface area contributed by atoms with E-state index in [4.69, 9.17) is 0 Å². The van der Waals surface area contributed by atoms with Gasteiger partial charge in [-0.25, -0.2) is 0 Å². The summed E-state index contributed by atoms with van der Waals surface area (Å²) >= 11 is 0. The van der Waals surface area contributed by atoms with Gasteiger partial charge >= 0.3 is 0 Å². The third kappa shape index (κ3) is 1.23. The Kier molecular flexibility index (Phi) is 2.16. The Bertz CT molecular complexity index is 200. The fourth-order valence-corrected chi connectivity index (χ4v) is 3.26. The molecule has 2 saturated carbocycles. The number of aliphatic hydroxyl groups is 2. The molecule has 0 aromatic carbocycles. The van der Waals surface area contributed by atoms with E-state index in [-0.39, 0.29) is 5.41 Å². The van der Waals surface area contributed by atoms with Gasteiger partial charge in [-0.3, -0.25) is 0 Å². The molecule has 2 fully saturated rings. The first-order valence-electron chi connectivity index (χ1n) is 5.49. The van der Waals surface area contributed by atoms with Crippen LogP contribution >= 0.6 is 0 Å². The summed E-state index contributed by atoms with van der Waals surface area (Å²) in [6.07, 6.45) is 6.62. The number of fused-ring (bicyclic) bond motifs is 1. The lowest BCUT2D eigenvalue weighted by atomic mass is 9.56. The van der Waals surface area contributed by atoms with E-state index in [9.17, 15) is 10.2 Å². The van der Waals surface area contributed by atoms with Gasteiger partial charge in [0.05, 0.1) is 11.7 Å². The van der Waals surface area contributed by atoms with Gasteiger partial charge in [0.15, 0.2) is 0 Å². The van der Waals surface area contributed by atoms with E-state index in [1.54, 1.807) is 0 Å². The first-order valence-corrected chi connectivity index (χ1v) is 5.49. The summed E-state index contributed by atoms with van der Waals surface area (Å²) in [6.45, 7) is 2.15. The molecular weight excluding hydrogens is 164 g/mol. The highest BCUT2D eigenvalue weighted by atomic mass is 16.3. The van der Waals surface area contributed by atoms with E-state index >= 15 is 0 Å². The number of hydrogen-bond donors (Lipinski definition) is 2. The molecule has 76 valence electrons. The van der Waals surface area contributed by atoms with Crippen molar-refractivity contribution < 1.29 is 10.2 Å². The predicted molar refractivity (Wildman–Crippen MR) is 51.4 cm³/mol. The van der Waals surface area contributed by atoms with Crippen LogP contribution in [0.3, 0.4) is 0 Å². The molecule has 3 atom stereocenters. The second-order valence-electron chi connectivity index (χ2n) is 5.10. The van der Waals surface area contributed by atoms with Gasteiger partial charge in [0.1, 0.15) is 0 Å². The van der Waals surface area contributed by atoms with E-state index in [0.29, 0.717) is 0 Å². The zero-order valence-corrected chi connectivity index (χ0v) is 8.42. The van der Waals surface area contributed by atoms with E-state index in [1.165, 1.54) is 6.42 Å². The third-order valence-corrected chi connectivity index (χ3v) is 4.34. The van der Waals surface area contributed by atoms with Crippen LogP contribution in [-0.2, 0) is 0 Å². The Balaban J connectivity index is 2.27. The number of rotatable bonds is 0. The molecule has 0 saturated heterocycles. The molecule has 2 aliphatic rings. The highest BCUT2D eigenvalue weighted by molar-refractivity contribution is 5.05. The molecule has 2 nitrogen and oxygen atoms in total. The number of aliphatic hydroxyl groups excluding tert-OH is 1. The van der Waals surface area contributed by atoms with Crippen molar-refractivity contribution in [2.75, 3.05) is 0 Å². The SMILES string of the molecule is C[C@]12CCCC[C@]1(O)[C@@H](O)CCC2. The molecule has 0 aliphatic heterocycles. The Labute approximate surface area is 80.0 Å². The maximum Gasteiger partial charge on any atom is 0.0958 e. The molecule has 0 radical (unpaired) electrons. The Morgan fingerprint density at radius 2 is 1.69 bits per heavy atom. The van der Waals surface area contributed by atoms with E-state index in [0.717, 1.165) is 38.5 Å². The summed E-state index contributed by atoms with van der Waals surface area (Å²) in [5.74, 6) is 0. The molecule has 2 N–H and O–H groups in total. The fraction of sp³-hybridized carbons (Fsp3) is 1.00. The molecule has 0 heterocycles. The van der Waals surface area contributed by atoms with E-state index < -0.39 is 11.7 Å². The minimum atomic E-state index is -0.774. The summed E-state index contributed by atoms with van der Waals surface area (Å²) < 4.78 is 0. The average Bonchev–Trinajstić information content (AvgIpc) is 2.09. The molecule has 0 amide bonds. The average molecular weight is 184 g/mol. The smallest absolute Gasteiger partial charge is 0.0958 e. The lowest BCUT2D eigenvalue weighted by molar-refractivity contribution is -0.196. The fourth-order valence-electron chi connectivity index (χ4n) is 3.26. The van der Waals surface area contributed by atoms with Gasteiger partial charge in [-0.05, 0) is 31.1 Å². The minimum Gasteiger partial charge on any atom is -0.390 e. The monoisotopic (exact) mass is 184 g/mol. The van der Waals surface area contributed by atoms with Gasteiger partial charge in [0.25, 0.3) is 0 Å². The van der Waals surface area contributed by atoms with Crippen LogP contribution in [0.1, 0.15) is 51.9 Å². The second kappa shape index (κ2) is 2.96. The normalized spacial score (nSPS) is 51.5. The third-order valence-electron chi connectivity index (χ3n) is 4.34. The van der Waals surface area contributed by atoms with Gasteiger partial charge < -0.3 is 10.2 Å². The zero-order chi connectivity index (χ0) is 9.53. The lowest BCUT2D eigenvalue weighted by Crippen LogP contribution is -2.59. The number of hydrogen-bond acceptors (Lipinski definition) is 2. The highest BCUT2D eigenvalue weighted by Crippen LogP contribution is 2.52. The Morgan fingerprint density at radius 3 is 2.38 bits per heavy atom. The van der Waals surface area contributed by atoms with Gasteiger partial charge in [-0.15, -0.1) is 0 Å². The van der Waals surface area contributed by atoms with Crippen LogP contribution in [0.5, 0.6) is 0 Å². The summed E-state index contributed by atoms with van der Waals surface area (Å²) in [5.41, 5.74) is -0.785. The molecule has 2 heteroatoms. The quantitative estimate of drug-likeness (QED) is 0.603. The zero-order valence-electron chi connectivity index (χ0n) is 8.42. The van der Waals surface area contributed by atoms with E-state index in [1.807, 2.05) is 0 Å². The van der Waals surface area contributed by atoms with Gasteiger partial charge in [-0.1, -0.05) is 26.2 Å². The van der Waals surface area contributed by atoms with Crippen LogP contribution in [-0.4, -0.2) is 21.9 Å². The Morgan fingerprint density at radius 1 is 1.08 bits per heavy atom. The van der Waals surface area contributed by atoms with Crippen LogP contribution in [0.25, 0.3) is 0 Å². The van der Waals surface area contributed by atoms with Crippen LogP contribution in [0.4, 0.5) is 0 Å². The van der Waals surface area contributed by atoms with Crippen molar-refractivity contribution in [3.8, 4) is 0 Å². The molecule has 0 aromatic rings. The second-order valence-corrected chi connectivity index (χ2v) is 5.10. The first kappa shape index (κ1) is 9.47. The standard InChI is InChI=1S/C11H20O2/c1-10-6-2-3-8-11(10,13)9(12)5-4-7-10/h9,12-13H,2-8H2,1H3/t9-,10+,11-/m0/s1. The van der Waals surface area contributed by atoms with Crippen LogP contribution in [0, 0.1) is 5.41 Å². The maximum absolute atomic E-state index is 10.5. The first-order chi connectivity index (χ1) is 6.08. The summed E-state index contributed by atoms with van der Waals surface area (Å²) in [7, 11) is 0. The van der Waals surface area contributed by atoms with Gasteiger partial charge in [0.2, 0.25) is 0 Å². The van der Waals surface area contributed by atoms with Crippen molar-refractivity contribution in [2.45, 2.75) is 63.6 Å². The summed E-state index contributed by atoms with van der Waals surface area (Å²) in [6, 6.07) is 0. The lowest BCUT2D eigenvalue weighted by Gasteiger charge is -2.54. The summed E-state index contributed by atoms with van der Waals surface area (Å²) in [4.78, 5) is 0. The molecule has 13 heavy (non-hydrogen) atoms. The van der Waals surface area contributed by atoms with Crippen molar-refractivity contribution in [3.63, 3.8) is 0 Å². The largest absolute Gasteiger partial charge is 0.390 e. The molecular formula is C11H20O2. The van der Waals surface area contributed by atoms with Crippen molar-refractivity contribution in [3.05, 3.63) is 0 Å². The minimum absolute atomic E-state index is 0.0110. The van der Waals surface area contributed by atoms with E-state index in [2.05, 4.69) is 6.92 Å². The van der Waals surface area contributed by atoms with Crippen molar-refractivity contribution in [2.24, 2.45) is 5.41 Å². The van der Waals surface area contributed by atoms with Crippen LogP contribution in [0.15, 0.2) is 0 Å². The van der Waals surface area contributed by atoms with Crippen LogP contribution in [0.2, 0.25) is 0 Å². The van der Waals surface area contributed by atoms with Gasteiger partial charge in [-0.2, -0.15) is 0 Å². The topological polar surface area (TPSA) is 40.5 Å². The molecule has 0 aromatic heterocycles. The predicted octanol–water partition coefficient (Wildman–Crippen LogP) is 1.84. The molecule has 2 rings (SSSR count). The highest BCUT2D eigenvalue weighted by Gasteiger charge is 2.54. The molecule has 0 unspecified atom stereocenters. The molecule has 0 spiro atoms. The van der Waals surface area contributed by atoms with Crippen LogP contribution < -0.4 is 0 Å². The Hall–Kier alpha value is -0.0800. The van der Waals surface area contributed by atoms with Crippen molar-refractivity contribution in [1.29, 1.82) is 0 Å².